The molecular formula is C34H39N5O5. The van der Waals surface area contributed by atoms with E-state index in [1.807, 2.05) is 65.3 Å². The van der Waals surface area contributed by atoms with Gasteiger partial charge in [0.05, 0.1) is 17.9 Å². The van der Waals surface area contributed by atoms with Gasteiger partial charge in [-0.15, -0.1) is 0 Å². The number of benzene rings is 2. The summed E-state index contributed by atoms with van der Waals surface area (Å²) in [5.74, 6) is 1.22. The molecule has 6 rings (SSSR count). The Kier molecular flexibility index (Phi) is 9.07. The summed E-state index contributed by atoms with van der Waals surface area (Å²) in [6.45, 7) is 6.85. The van der Waals surface area contributed by atoms with Crippen LogP contribution in [-0.4, -0.2) is 76.2 Å². The summed E-state index contributed by atoms with van der Waals surface area (Å²) in [4.78, 5) is 33.3. The van der Waals surface area contributed by atoms with Crippen LogP contribution in [0.1, 0.15) is 63.5 Å². The first kappa shape index (κ1) is 29.6. The van der Waals surface area contributed by atoms with Crippen molar-refractivity contribution in [3.8, 4) is 5.75 Å². The first-order valence-corrected chi connectivity index (χ1v) is 15.4. The van der Waals surface area contributed by atoms with Crippen LogP contribution in [0.15, 0.2) is 82.0 Å². The van der Waals surface area contributed by atoms with E-state index >= 15 is 0 Å². The van der Waals surface area contributed by atoms with E-state index in [9.17, 15) is 9.59 Å². The summed E-state index contributed by atoms with van der Waals surface area (Å²) in [5, 5.41) is 8.09. The van der Waals surface area contributed by atoms with Gasteiger partial charge >= 0.3 is 0 Å². The fourth-order valence-corrected chi connectivity index (χ4v) is 6.29. The fraction of sp³-hybridized carbons (Fsp3) is 0.412. The third-order valence-corrected chi connectivity index (χ3v) is 8.85. The van der Waals surface area contributed by atoms with Gasteiger partial charge in [0.15, 0.2) is 5.69 Å². The van der Waals surface area contributed by atoms with E-state index in [0.717, 1.165) is 49.2 Å². The summed E-state index contributed by atoms with van der Waals surface area (Å²) in [5.41, 5.74) is 2.72. The van der Waals surface area contributed by atoms with Crippen LogP contribution in [0.4, 0.5) is 0 Å². The Labute approximate surface area is 257 Å². The number of nitrogens with zero attached hydrogens (tertiary/aromatic N) is 5. The summed E-state index contributed by atoms with van der Waals surface area (Å²) < 4.78 is 16.8. The van der Waals surface area contributed by atoms with Crippen LogP contribution in [0.3, 0.4) is 0 Å². The van der Waals surface area contributed by atoms with Crippen molar-refractivity contribution in [3.05, 3.63) is 101 Å². The Bertz CT molecular complexity index is 1530. The number of amides is 2. The van der Waals surface area contributed by atoms with Crippen LogP contribution >= 0.6 is 0 Å². The van der Waals surface area contributed by atoms with Gasteiger partial charge in [-0.2, -0.15) is 0 Å². The SMILES string of the molecule is Cc1cc(CN2CCCC3(CCN(C(=O)c4ccon4)CC3)COc3ccccc3C(=O)N(Cc3ccccc3)CC2)no1. The molecule has 0 unspecified atom stereocenters. The molecule has 2 aromatic heterocycles. The second kappa shape index (κ2) is 13.5. The minimum absolute atomic E-state index is 0.0528. The maximum Gasteiger partial charge on any atom is 0.276 e. The van der Waals surface area contributed by atoms with E-state index in [4.69, 9.17) is 13.8 Å². The summed E-state index contributed by atoms with van der Waals surface area (Å²) in [7, 11) is 0. The number of likely N-dealkylation sites (tertiary alicyclic amines) is 1. The molecule has 0 bridgehead atoms. The molecule has 1 fully saturated rings. The number of para-hydroxylation sites is 1. The molecule has 0 N–H and O–H groups in total. The Morgan fingerprint density at radius 1 is 0.886 bits per heavy atom. The lowest BCUT2D eigenvalue weighted by Gasteiger charge is -2.42. The number of piperidine rings is 1. The van der Waals surface area contributed by atoms with Gasteiger partial charge in [-0.05, 0) is 56.8 Å². The quantitative estimate of drug-likeness (QED) is 0.309. The molecule has 0 radical (unpaired) electrons. The number of aryl methyl sites for hydroxylation is 1. The molecule has 1 saturated heterocycles. The van der Waals surface area contributed by atoms with Crippen molar-refractivity contribution in [1.29, 1.82) is 0 Å². The Balaban J connectivity index is 1.26. The number of aromatic nitrogens is 2. The summed E-state index contributed by atoms with van der Waals surface area (Å²) in [6.07, 6.45) is 4.92. The topological polar surface area (TPSA) is 105 Å². The number of fused-ring (bicyclic) bond motifs is 1. The Morgan fingerprint density at radius 3 is 2.43 bits per heavy atom. The second-order valence-electron chi connectivity index (χ2n) is 12.0. The zero-order valence-corrected chi connectivity index (χ0v) is 25.2. The van der Waals surface area contributed by atoms with Crippen molar-refractivity contribution in [2.24, 2.45) is 5.41 Å². The van der Waals surface area contributed by atoms with E-state index in [-0.39, 0.29) is 17.2 Å². The highest BCUT2D eigenvalue weighted by Gasteiger charge is 2.38. The highest BCUT2D eigenvalue weighted by molar-refractivity contribution is 5.97. The van der Waals surface area contributed by atoms with Crippen LogP contribution in [-0.2, 0) is 13.1 Å². The number of carbonyl (C=O) groups excluding carboxylic acids is 2. The van der Waals surface area contributed by atoms with Crippen LogP contribution in [0.2, 0.25) is 0 Å². The highest BCUT2D eigenvalue weighted by Crippen LogP contribution is 2.38. The van der Waals surface area contributed by atoms with Crippen molar-refractivity contribution >= 4 is 11.8 Å². The van der Waals surface area contributed by atoms with Crippen LogP contribution < -0.4 is 4.74 Å². The molecule has 230 valence electrons. The van der Waals surface area contributed by atoms with E-state index in [0.29, 0.717) is 62.9 Å². The lowest BCUT2D eigenvalue weighted by molar-refractivity contribution is 0.0343. The maximum atomic E-state index is 14.2. The molecule has 4 aromatic rings. The molecule has 0 saturated carbocycles. The first-order valence-electron chi connectivity index (χ1n) is 15.4. The van der Waals surface area contributed by atoms with Crippen LogP contribution in [0.25, 0.3) is 0 Å². The predicted octanol–water partition coefficient (Wildman–Crippen LogP) is 5.21. The molecule has 2 aliphatic heterocycles. The minimum atomic E-state index is -0.134. The largest absolute Gasteiger partial charge is 0.492 e. The number of rotatable bonds is 5. The number of hydrogen-bond donors (Lipinski definition) is 0. The molecule has 4 heterocycles. The van der Waals surface area contributed by atoms with Crippen molar-refractivity contribution in [3.63, 3.8) is 0 Å². The van der Waals surface area contributed by atoms with Gasteiger partial charge in [0.25, 0.3) is 11.8 Å². The molecule has 2 aromatic carbocycles. The van der Waals surface area contributed by atoms with Gasteiger partial charge in [-0.3, -0.25) is 14.5 Å². The van der Waals surface area contributed by atoms with E-state index in [2.05, 4.69) is 27.3 Å². The van der Waals surface area contributed by atoms with Gasteiger partial charge in [-0.1, -0.05) is 52.8 Å². The average molecular weight is 598 g/mol. The van der Waals surface area contributed by atoms with E-state index < -0.39 is 0 Å². The molecule has 10 nitrogen and oxygen atoms in total. The normalized spacial score (nSPS) is 18.2. The summed E-state index contributed by atoms with van der Waals surface area (Å²) >= 11 is 0. The van der Waals surface area contributed by atoms with Gasteiger partial charge in [0.2, 0.25) is 0 Å². The minimum Gasteiger partial charge on any atom is -0.492 e. The molecule has 1 spiro atoms. The predicted molar refractivity (Wildman–Crippen MR) is 163 cm³/mol. The molecule has 2 aliphatic rings. The zero-order valence-electron chi connectivity index (χ0n) is 25.2. The monoisotopic (exact) mass is 597 g/mol. The molecule has 0 atom stereocenters. The van der Waals surface area contributed by atoms with Crippen molar-refractivity contribution in [2.75, 3.05) is 39.3 Å². The molecule has 2 amide bonds. The number of hydrogen-bond acceptors (Lipinski definition) is 8. The number of carbonyl (C=O) groups is 2. The Morgan fingerprint density at radius 2 is 1.68 bits per heavy atom. The molecule has 10 heteroatoms. The molecular weight excluding hydrogens is 558 g/mol. The van der Waals surface area contributed by atoms with Gasteiger partial charge in [0.1, 0.15) is 17.8 Å². The van der Waals surface area contributed by atoms with Crippen molar-refractivity contribution in [2.45, 2.75) is 45.7 Å². The van der Waals surface area contributed by atoms with E-state index in [1.54, 1.807) is 6.07 Å². The lowest BCUT2D eigenvalue weighted by Crippen LogP contribution is -2.46. The van der Waals surface area contributed by atoms with Crippen molar-refractivity contribution < 1.29 is 23.4 Å². The molecule has 44 heavy (non-hydrogen) atoms. The number of ether oxygens (including phenoxy) is 1. The fourth-order valence-electron chi connectivity index (χ4n) is 6.29. The van der Waals surface area contributed by atoms with Crippen LogP contribution in [0.5, 0.6) is 5.75 Å². The molecule has 0 aliphatic carbocycles. The van der Waals surface area contributed by atoms with Gasteiger partial charge < -0.3 is 23.6 Å². The Hall–Kier alpha value is -4.44. The lowest BCUT2D eigenvalue weighted by atomic mass is 9.75. The zero-order chi connectivity index (χ0) is 30.4. The van der Waals surface area contributed by atoms with Crippen LogP contribution in [0, 0.1) is 12.3 Å². The third kappa shape index (κ3) is 7.02. The smallest absolute Gasteiger partial charge is 0.276 e. The second-order valence-corrected chi connectivity index (χ2v) is 12.0. The van der Waals surface area contributed by atoms with Crippen molar-refractivity contribution in [1.82, 2.24) is 25.0 Å². The average Bonchev–Trinajstić information content (AvgIpc) is 3.74. The van der Waals surface area contributed by atoms with Gasteiger partial charge in [0, 0.05) is 56.8 Å². The summed E-state index contributed by atoms with van der Waals surface area (Å²) in [6, 6.07) is 21.2. The maximum absolute atomic E-state index is 14.2. The van der Waals surface area contributed by atoms with Gasteiger partial charge in [-0.25, -0.2) is 0 Å². The standard InChI is InChI=1S/C34H39N5O5/c1-26-22-28(35-44-26)24-37-16-7-13-34(14-17-38(18-15-34)33(41)30-12-21-43-36-30)25-42-31-11-6-5-10-29(31)32(40)39(20-19-37)23-27-8-3-2-4-9-27/h2-6,8-12,21-22H,7,13-20,23-25H2,1H3. The highest BCUT2D eigenvalue weighted by atomic mass is 16.5. The third-order valence-electron chi connectivity index (χ3n) is 8.85. The van der Waals surface area contributed by atoms with E-state index in [1.165, 1.54) is 6.26 Å². The first-order chi connectivity index (χ1) is 21.5.